The largest absolute Gasteiger partial charge is 0.380 e. The van der Waals surface area contributed by atoms with E-state index in [4.69, 9.17) is 4.74 Å². The highest BCUT2D eigenvalue weighted by atomic mass is 16.5. The summed E-state index contributed by atoms with van der Waals surface area (Å²) in [6, 6.07) is 10.9. The number of benzene rings is 2. The molecule has 3 amide bonds. The quantitative estimate of drug-likeness (QED) is 0.631. The molecule has 1 fully saturated rings. The van der Waals surface area contributed by atoms with Crippen molar-refractivity contribution in [2.75, 3.05) is 37.0 Å². The van der Waals surface area contributed by atoms with Crippen LogP contribution in [0.15, 0.2) is 36.4 Å². The molecule has 3 heterocycles. The molecular weight excluding hydrogens is 424 g/mol. The maximum absolute atomic E-state index is 13.1. The van der Waals surface area contributed by atoms with Gasteiger partial charge in [0.15, 0.2) is 12.2 Å². The first kappa shape index (κ1) is 21.6. The van der Waals surface area contributed by atoms with Crippen LogP contribution in [0.2, 0.25) is 0 Å². The Kier molecular flexibility index (Phi) is 5.61. The molecule has 33 heavy (non-hydrogen) atoms. The number of carbonyl (C=O) groups is 3. The van der Waals surface area contributed by atoms with Gasteiger partial charge in [-0.25, -0.2) is 0 Å². The Morgan fingerprint density at radius 2 is 2.00 bits per heavy atom. The smallest absolute Gasteiger partial charge is 0.259 e. The lowest BCUT2D eigenvalue weighted by Gasteiger charge is -2.34. The molecule has 2 aromatic rings. The fourth-order valence-electron chi connectivity index (χ4n) is 4.60. The molecule has 5 rings (SSSR count). The number of hydrogen-bond donors (Lipinski definition) is 3. The lowest BCUT2D eigenvalue weighted by Crippen LogP contribution is -2.55. The van der Waals surface area contributed by atoms with E-state index in [0.29, 0.717) is 23.5 Å². The number of ether oxygens (including phenoxy) is 1. The van der Waals surface area contributed by atoms with Crippen LogP contribution in [0.25, 0.3) is 0 Å². The van der Waals surface area contributed by atoms with Crippen LogP contribution in [0.3, 0.4) is 0 Å². The Hall–Kier alpha value is -3.27. The van der Waals surface area contributed by atoms with Crippen molar-refractivity contribution in [2.45, 2.75) is 31.7 Å². The molecule has 0 unspecified atom stereocenters. The van der Waals surface area contributed by atoms with Gasteiger partial charge in [0, 0.05) is 43.6 Å². The highest BCUT2D eigenvalue weighted by molar-refractivity contribution is 6.05. The Balaban J connectivity index is 1.30. The first-order valence-corrected chi connectivity index (χ1v) is 11.0. The van der Waals surface area contributed by atoms with Gasteiger partial charge in [-0.1, -0.05) is 12.1 Å². The van der Waals surface area contributed by atoms with E-state index in [1.165, 1.54) is 10.5 Å². The highest BCUT2D eigenvalue weighted by Crippen LogP contribution is 2.28. The van der Waals surface area contributed by atoms with Gasteiger partial charge in [0.25, 0.3) is 17.7 Å². The van der Waals surface area contributed by atoms with E-state index in [0.717, 1.165) is 30.6 Å². The lowest BCUT2D eigenvalue weighted by atomic mass is 10.0. The monoisotopic (exact) mass is 450 g/mol. The molecular formula is C24H26N4O5. The number of aliphatic hydroxyl groups is 1. The Bertz CT molecular complexity index is 1130. The minimum atomic E-state index is -1.67. The van der Waals surface area contributed by atoms with Gasteiger partial charge in [0.2, 0.25) is 0 Å². The van der Waals surface area contributed by atoms with Crippen molar-refractivity contribution in [1.82, 2.24) is 10.2 Å². The molecule has 1 saturated heterocycles. The number of hydrogen-bond acceptors (Lipinski definition) is 6. The number of nitrogens with zero attached hydrogens (tertiary/aromatic N) is 2. The lowest BCUT2D eigenvalue weighted by molar-refractivity contribution is -0.150. The first-order valence-electron chi connectivity index (χ1n) is 11.0. The predicted octanol–water partition coefficient (Wildman–Crippen LogP) is 0.649. The van der Waals surface area contributed by atoms with Crippen LogP contribution < -0.4 is 15.5 Å². The summed E-state index contributed by atoms with van der Waals surface area (Å²) in [6.07, 6.45) is -2.13. The zero-order valence-corrected chi connectivity index (χ0v) is 18.3. The van der Waals surface area contributed by atoms with Crippen LogP contribution in [0, 0.1) is 0 Å². The van der Waals surface area contributed by atoms with Gasteiger partial charge in [-0.05, 0) is 53.9 Å². The molecule has 0 bridgehead atoms. The van der Waals surface area contributed by atoms with Crippen LogP contribution in [-0.4, -0.2) is 66.7 Å². The molecule has 172 valence electrons. The third-order valence-electron chi connectivity index (χ3n) is 6.43. The van der Waals surface area contributed by atoms with E-state index in [1.54, 1.807) is 30.1 Å². The summed E-state index contributed by atoms with van der Waals surface area (Å²) < 4.78 is 5.50. The number of amides is 3. The van der Waals surface area contributed by atoms with E-state index < -0.39 is 24.0 Å². The van der Waals surface area contributed by atoms with E-state index in [1.807, 2.05) is 18.2 Å². The Morgan fingerprint density at radius 1 is 1.18 bits per heavy atom. The molecule has 3 aliphatic rings. The van der Waals surface area contributed by atoms with Crippen molar-refractivity contribution in [3.05, 3.63) is 58.7 Å². The van der Waals surface area contributed by atoms with Crippen molar-refractivity contribution < 1.29 is 24.2 Å². The Labute approximate surface area is 191 Å². The summed E-state index contributed by atoms with van der Waals surface area (Å²) in [4.78, 5) is 41.3. The molecule has 3 N–H and O–H groups in total. The minimum Gasteiger partial charge on any atom is -0.380 e. The van der Waals surface area contributed by atoms with Crippen LogP contribution in [0.5, 0.6) is 0 Å². The molecule has 0 spiro atoms. The average Bonchev–Trinajstić information content (AvgIpc) is 3.11. The fraction of sp³-hybridized carbons (Fsp3) is 0.375. The molecule has 2 aromatic carbocycles. The molecule has 9 heteroatoms. The summed E-state index contributed by atoms with van der Waals surface area (Å²) >= 11 is 0. The van der Waals surface area contributed by atoms with Crippen molar-refractivity contribution in [3.63, 3.8) is 0 Å². The fourth-order valence-corrected chi connectivity index (χ4v) is 4.60. The topological polar surface area (TPSA) is 111 Å². The second-order valence-electron chi connectivity index (χ2n) is 8.63. The van der Waals surface area contributed by atoms with Crippen LogP contribution in [-0.2, 0) is 33.8 Å². The van der Waals surface area contributed by atoms with E-state index in [9.17, 15) is 19.5 Å². The minimum absolute atomic E-state index is 0.0932. The summed E-state index contributed by atoms with van der Waals surface area (Å²) in [7, 11) is 1.73. The maximum Gasteiger partial charge on any atom is 0.259 e. The van der Waals surface area contributed by atoms with Crippen LogP contribution in [0.1, 0.15) is 27.0 Å². The molecule has 2 atom stereocenters. The number of carbonyl (C=O) groups excluding carboxylic acids is 3. The standard InChI is InChI=1S/C24H26N4O5/c1-27-13-16-3-5-18(11-19(16)23(27)31)28-8-9-33-21(24(28)32)20(29)22(30)26-17-4-2-15-12-25-7-6-14(15)10-17/h2-5,10-11,20-21,25,29H,6-9,12-13H2,1H3,(H,26,30)/t20-,21-/m1/s1. The maximum atomic E-state index is 13.1. The van der Waals surface area contributed by atoms with Gasteiger partial charge in [-0.15, -0.1) is 0 Å². The third kappa shape index (κ3) is 3.99. The number of nitrogens with one attached hydrogen (secondary N) is 2. The number of morpholine rings is 1. The van der Waals surface area contributed by atoms with Crippen molar-refractivity contribution in [2.24, 2.45) is 0 Å². The molecule has 0 saturated carbocycles. The van der Waals surface area contributed by atoms with E-state index >= 15 is 0 Å². The predicted molar refractivity (Wildman–Crippen MR) is 121 cm³/mol. The van der Waals surface area contributed by atoms with E-state index in [-0.39, 0.29) is 19.1 Å². The zero-order valence-electron chi connectivity index (χ0n) is 18.3. The summed E-state index contributed by atoms with van der Waals surface area (Å²) in [5.74, 6) is -1.31. The second-order valence-corrected chi connectivity index (χ2v) is 8.63. The van der Waals surface area contributed by atoms with Crippen molar-refractivity contribution in [1.29, 1.82) is 0 Å². The molecule has 0 aliphatic carbocycles. The zero-order chi connectivity index (χ0) is 23.1. The molecule has 0 aromatic heterocycles. The second kappa shape index (κ2) is 8.58. The van der Waals surface area contributed by atoms with Crippen molar-refractivity contribution in [3.8, 4) is 0 Å². The third-order valence-corrected chi connectivity index (χ3v) is 6.43. The molecule has 3 aliphatic heterocycles. The van der Waals surface area contributed by atoms with Gasteiger partial charge in [0.1, 0.15) is 0 Å². The van der Waals surface area contributed by atoms with Gasteiger partial charge in [0.05, 0.1) is 6.61 Å². The average molecular weight is 450 g/mol. The first-order chi connectivity index (χ1) is 15.9. The highest BCUT2D eigenvalue weighted by Gasteiger charge is 2.40. The van der Waals surface area contributed by atoms with Gasteiger partial charge >= 0.3 is 0 Å². The van der Waals surface area contributed by atoms with Gasteiger partial charge < -0.3 is 30.3 Å². The SMILES string of the molecule is CN1Cc2ccc(N3CCO[C@H]([C@@H](O)C(=O)Nc4ccc5c(c4)CCNC5)C3=O)cc2C1=O. The number of aliphatic hydroxyl groups excluding tert-OH is 1. The Morgan fingerprint density at radius 3 is 2.85 bits per heavy atom. The number of rotatable bonds is 4. The van der Waals surface area contributed by atoms with Crippen LogP contribution in [0.4, 0.5) is 11.4 Å². The summed E-state index contributed by atoms with van der Waals surface area (Å²) in [5.41, 5.74) is 4.91. The normalized spacial score (nSPS) is 21.0. The number of anilines is 2. The van der Waals surface area contributed by atoms with Crippen LogP contribution >= 0.6 is 0 Å². The summed E-state index contributed by atoms with van der Waals surface area (Å²) in [6.45, 7) is 2.63. The van der Waals surface area contributed by atoms with E-state index in [2.05, 4.69) is 10.6 Å². The molecule has 0 radical (unpaired) electrons. The molecule has 9 nitrogen and oxygen atoms in total. The summed E-state index contributed by atoms with van der Waals surface area (Å²) in [5, 5.41) is 16.6. The van der Waals surface area contributed by atoms with Gasteiger partial charge in [-0.3, -0.25) is 14.4 Å². The van der Waals surface area contributed by atoms with Crippen molar-refractivity contribution >= 4 is 29.1 Å². The van der Waals surface area contributed by atoms with Gasteiger partial charge in [-0.2, -0.15) is 0 Å². The number of fused-ring (bicyclic) bond motifs is 2.